The van der Waals surface area contributed by atoms with E-state index in [-0.39, 0.29) is 33.5 Å². The van der Waals surface area contributed by atoms with Crippen LogP contribution in [0, 0.1) is 0 Å². The first kappa shape index (κ1) is 24.5. The quantitative estimate of drug-likeness (QED) is 0.186. The normalized spacial score (nSPS) is 10.9. The molecular formula is C24H30Cl2O4. The molecule has 0 aliphatic heterocycles. The molecule has 2 rings (SSSR count). The van der Waals surface area contributed by atoms with Gasteiger partial charge in [-0.25, -0.2) is 0 Å². The van der Waals surface area contributed by atoms with Crippen LogP contribution in [0.15, 0.2) is 24.3 Å². The molecule has 2 aromatic carbocycles. The van der Waals surface area contributed by atoms with Crippen molar-refractivity contribution >= 4 is 45.9 Å². The number of halogens is 2. The Morgan fingerprint density at radius 1 is 0.700 bits per heavy atom. The minimum atomic E-state index is -0.352. The fraction of sp³-hybridized carbons (Fsp3) is 0.500. The molecule has 0 bridgehead atoms. The Kier molecular flexibility index (Phi) is 10.5. The van der Waals surface area contributed by atoms with Gasteiger partial charge in [-0.05, 0) is 12.8 Å². The lowest BCUT2D eigenvalue weighted by Gasteiger charge is -2.16. The van der Waals surface area contributed by atoms with Crippen LogP contribution in [0.4, 0.5) is 0 Å². The standard InChI is InChI=1S/C24H30Cl2O4/c1-3-5-7-9-15-19(27)29-23-17-13-11-12-14-18(17)24(22(26)21(23)25)30-20(28)16-10-8-6-4-2/h11-14H,3-10,15-16H2,1-2H3. The number of hydrogen-bond donors (Lipinski definition) is 0. The topological polar surface area (TPSA) is 52.6 Å². The monoisotopic (exact) mass is 452 g/mol. The Balaban J connectivity index is 2.22. The third kappa shape index (κ3) is 6.88. The molecule has 0 N–H and O–H groups in total. The summed E-state index contributed by atoms with van der Waals surface area (Å²) in [5.41, 5.74) is 0. The first-order valence-electron chi connectivity index (χ1n) is 10.8. The first-order valence-corrected chi connectivity index (χ1v) is 11.6. The number of carbonyl (C=O) groups excluding carboxylic acids is 2. The molecule has 4 nitrogen and oxygen atoms in total. The summed E-state index contributed by atoms with van der Waals surface area (Å²) >= 11 is 12.9. The number of fused-ring (bicyclic) bond motifs is 1. The number of unbranched alkanes of at least 4 members (excludes halogenated alkanes) is 6. The molecule has 0 aliphatic rings. The smallest absolute Gasteiger partial charge is 0.311 e. The fourth-order valence-electron chi connectivity index (χ4n) is 3.24. The van der Waals surface area contributed by atoms with E-state index < -0.39 is 0 Å². The Morgan fingerprint density at radius 3 is 1.47 bits per heavy atom. The van der Waals surface area contributed by atoms with Crippen LogP contribution in [0.2, 0.25) is 10.0 Å². The molecular weight excluding hydrogens is 423 g/mol. The number of hydrogen-bond acceptors (Lipinski definition) is 4. The molecule has 2 aromatic rings. The third-order valence-corrected chi connectivity index (χ3v) is 5.73. The summed E-state index contributed by atoms with van der Waals surface area (Å²) in [6, 6.07) is 7.16. The number of esters is 2. The third-order valence-electron chi connectivity index (χ3n) is 4.91. The van der Waals surface area contributed by atoms with Crippen molar-refractivity contribution < 1.29 is 19.1 Å². The van der Waals surface area contributed by atoms with E-state index in [2.05, 4.69) is 13.8 Å². The summed E-state index contributed by atoms with van der Waals surface area (Å²) < 4.78 is 11.2. The number of benzene rings is 2. The van der Waals surface area contributed by atoms with Crippen LogP contribution in [-0.4, -0.2) is 11.9 Å². The van der Waals surface area contributed by atoms with Gasteiger partial charge in [-0.1, -0.05) is 99.8 Å². The largest absolute Gasteiger partial charge is 0.424 e. The van der Waals surface area contributed by atoms with Crippen molar-refractivity contribution in [3.05, 3.63) is 34.3 Å². The zero-order valence-electron chi connectivity index (χ0n) is 17.8. The van der Waals surface area contributed by atoms with E-state index in [1.54, 1.807) is 12.1 Å². The fourth-order valence-corrected chi connectivity index (χ4v) is 3.69. The molecule has 30 heavy (non-hydrogen) atoms. The summed E-state index contributed by atoms with van der Waals surface area (Å²) in [6.45, 7) is 4.23. The number of rotatable bonds is 12. The van der Waals surface area contributed by atoms with Crippen molar-refractivity contribution in [3.63, 3.8) is 0 Å². The Hall–Kier alpha value is -1.78. The lowest BCUT2D eigenvalue weighted by molar-refractivity contribution is -0.135. The minimum Gasteiger partial charge on any atom is -0.424 e. The molecule has 0 saturated heterocycles. The van der Waals surface area contributed by atoms with Crippen LogP contribution in [-0.2, 0) is 9.59 Å². The molecule has 0 atom stereocenters. The van der Waals surface area contributed by atoms with Crippen LogP contribution in [0.5, 0.6) is 11.5 Å². The molecule has 0 unspecified atom stereocenters. The summed E-state index contributed by atoms with van der Waals surface area (Å²) in [7, 11) is 0. The molecule has 0 aromatic heterocycles. The minimum absolute atomic E-state index is 0.0751. The van der Waals surface area contributed by atoms with Gasteiger partial charge < -0.3 is 9.47 Å². The van der Waals surface area contributed by atoms with Crippen molar-refractivity contribution in [1.29, 1.82) is 0 Å². The van der Waals surface area contributed by atoms with Crippen LogP contribution < -0.4 is 9.47 Å². The van der Waals surface area contributed by atoms with E-state index >= 15 is 0 Å². The number of ether oxygens (including phenoxy) is 2. The summed E-state index contributed by atoms with van der Waals surface area (Å²) in [5.74, 6) is -0.286. The van der Waals surface area contributed by atoms with Crippen molar-refractivity contribution in [3.8, 4) is 11.5 Å². The van der Waals surface area contributed by atoms with Gasteiger partial charge in [-0.15, -0.1) is 0 Å². The zero-order valence-corrected chi connectivity index (χ0v) is 19.3. The average Bonchev–Trinajstić information content (AvgIpc) is 2.75. The van der Waals surface area contributed by atoms with E-state index in [4.69, 9.17) is 32.7 Å². The average molecular weight is 453 g/mol. The Bertz CT molecular complexity index is 793. The van der Waals surface area contributed by atoms with Crippen LogP contribution in [0.25, 0.3) is 10.8 Å². The zero-order chi connectivity index (χ0) is 21.9. The second-order valence-electron chi connectivity index (χ2n) is 7.40. The van der Waals surface area contributed by atoms with Gasteiger partial charge in [0.2, 0.25) is 0 Å². The molecule has 164 valence electrons. The molecule has 0 amide bonds. The molecule has 0 aliphatic carbocycles. The van der Waals surface area contributed by atoms with Gasteiger partial charge >= 0.3 is 11.9 Å². The van der Waals surface area contributed by atoms with Crippen molar-refractivity contribution in [2.24, 2.45) is 0 Å². The van der Waals surface area contributed by atoms with E-state index in [1.165, 1.54) is 0 Å². The second kappa shape index (κ2) is 12.8. The van der Waals surface area contributed by atoms with E-state index in [0.717, 1.165) is 51.4 Å². The van der Waals surface area contributed by atoms with Gasteiger partial charge in [0, 0.05) is 23.6 Å². The maximum Gasteiger partial charge on any atom is 0.311 e. The van der Waals surface area contributed by atoms with Crippen LogP contribution in [0.1, 0.15) is 78.1 Å². The van der Waals surface area contributed by atoms with Gasteiger partial charge in [-0.3, -0.25) is 9.59 Å². The molecule has 0 heterocycles. The predicted octanol–water partition coefficient (Wildman–Crippen LogP) is 7.90. The van der Waals surface area contributed by atoms with Crippen molar-refractivity contribution in [2.75, 3.05) is 0 Å². The first-order chi connectivity index (χ1) is 14.5. The van der Waals surface area contributed by atoms with Crippen molar-refractivity contribution in [2.45, 2.75) is 78.1 Å². The lowest BCUT2D eigenvalue weighted by Crippen LogP contribution is -2.11. The van der Waals surface area contributed by atoms with E-state index in [0.29, 0.717) is 23.6 Å². The van der Waals surface area contributed by atoms with E-state index in [9.17, 15) is 9.59 Å². The molecule has 0 radical (unpaired) electrons. The van der Waals surface area contributed by atoms with Gasteiger partial charge in [0.15, 0.2) is 11.5 Å². The highest BCUT2D eigenvalue weighted by Crippen LogP contribution is 2.47. The SMILES string of the molecule is CCCCCCC(=O)Oc1c(Cl)c(Cl)c(OC(=O)CCCCCC)c2ccccc12. The molecule has 6 heteroatoms. The van der Waals surface area contributed by atoms with Crippen molar-refractivity contribution in [1.82, 2.24) is 0 Å². The van der Waals surface area contributed by atoms with Gasteiger partial charge in [0.25, 0.3) is 0 Å². The maximum absolute atomic E-state index is 12.3. The van der Waals surface area contributed by atoms with Crippen LogP contribution in [0.3, 0.4) is 0 Å². The number of carbonyl (C=O) groups is 2. The highest BCUT2D eigenvalue weighted by molar-refractivity contribution is 6.45. The highest BCUT2D eigenvalue weighted by atomic mass is 35.5. The summed E-state index contributed by atoms with van der Waals surface area (Å²) in [4.78, 5) is 24.6. The Labute approximate surface area is 188 Å². The molecule has 0 fully saturated rings. The second-order valence-corrected chi connectivity index (χ2v) is 8.16. The molecule has 0 spiro atoms. The summed E-state index contributed by atoms with van der Waals surface area (Å²) in [6.07, 6.45) is 8.49. The highest BCUT2D eigenvalue weighted by Gasteiger charge is 2.22. The Morgan fingerprint density at radius 2 is 1.10 bits per heavy atom. The summed E-state index contributed by atoms with van der Waals surface area (Å²) in [5, 5.41) is 1.32. The van der Waals surface area contributed by atoms with Crippen LogP contribution >= 0.6 is 23.2 Å². The predicted molar refractivity (Wildman–Crippen MR) is 123 cm³/mol. The van der Waals surface area contributed by atoms with Gasteiger partial charge in [-0.2, -0.15) is 0 Å². The van der Waals surface area contributed by atoms with Gasteiger partial charge in [0.1, 0.15) is 10.0 Å². The molecule has 0 saturated carbocycles. The van der Waals surface area contributed by atoms with Gasteiger partial charge in [0.05, 0.1) is 0 Å². The van der Waals surface area contributed by atoms with E-state index in [1.807, 2.05) is 12.1 Å². The lowest BCUT2D eigenvalue weighted by atomic mass is 10.1. The maximum atomic E-state index is 12.3.